The van der Waals surface area contributed by atoms with Crippen LogP contribution < -0.4 is 10.1 Å². The molecule has 3 rings (SSSR count). The van der Waals surface area contributed by atoms with E-state index in [1.54, 1.807) is 30.1 Å². The fourth-order valence-electron chi connectivity index (χ4n) is 2.57. The van der Waals surface area contributed by atoms with Crippen molar-refractivity contribution in [3.8, 4) is 5.75 Å². The number of rotatable bonds is 6. The summed E-state index contributed by atoms with van der Waals surface area (Å²) in [6.07, 6.45) is 2.54. The molecule has 0 aliphatic carbocycles. The molecule has 0 saturated heterocycles. The molecule has 2 heterocycles. The Hall–Kier alpha value is -2.73. The first kappa shape index (κ1) is 18.1. The summed E-state index contributed by atoms with van der Waals surface area (Å²) in [5, 5.41) is 7.74. The van der Waals surface area contributed by atoms with Crippen LogP contribution in [0.5, 0.6) is 5.75 Å². The smallest absolute Gasteiger partial charge is 0.266 e. The van der Waals surface area contributed by atoms with Crippen molar-refractivity contribution in [2.24, 2.45) is 0 Å². The molecular weight excluding hydrogens is 354 g/mol. The number of anilines is 1. The number of nitrogens with zero attached hydrogens (tertiary/aromatic N) is 2. The molecule has 0 unspecified atom stereocenters. The van der Waals surface area contributed by atoms with Gasteiger partial charge in [0.05, 0.1) is 12.5 Å². The van der Waals surface area contributed by atoms with Crippen LogP contribution >= 0.6 is 11.6 Å². The van der Waals surface area contributed by atoms with Crippen LogP contribution in [0.3, 0.4) is 0 Å². The minimum atomic E-state index is -0.679. The van der Waals surface area contributed by atoms with Gasteiger partial charge in [0.15, 0.2) is 6.10 Å². The number of aryl methyl sites for hydroxylation is 2. The van der Waals surface area contributed by atoms with Crippen LogP contribution in [-0.2, 0) is 11.3 Å². The topological polar surface area (TPSA) is 69.3 Å². The molecule has 1 amide bonds. The highest BCUT2D eigenvalue weighted by atomic mass is 35.5. The van der Waals surface area contributed by atoms with Gasteiger partial charge in [-0.3, -0.25) is 4.79 Å². The second-order valence-corrected chi connectivity index (χ2v) is 6.45. The molecule has 0 saturated carbocycles. The lowest BCUT2D eigenvalue weighted by Crippen LogP contribution is -2.31. The summed E-state index contributed by atoms with van der Waals surface area (Å²) in [7, 11) is 0. The first-order valence-electron chi connectivity index (χ1n) is 8.22. The van der Waals surface area contributed by atoms with Gasteiger partial charge in [-0.15, -0.1) is 0 Å². The predicted octanol–water partition coefficient (Wildman–Crippen LogP) is 4.20. The second-order valence-electron chi connectivity index (χ2n) is 6.07. The van der Waals surface area contributed by atoms with Gasteiger partial charge in [0.2, 0.25) is 0 Å². The van der Waals surface area contributed by atoms with Crippen molar-refractivity contribution in [1.82, 2.24) is 9.78 Å². The molecule has 0 spiro atoms. The Morgan fingerprint density at radius 1 is 1.35 bits per heavy atom. The van der Waals surface area contributed by atoms with Gasteiger partial charge in [-0.25, -0.2) is 4.68 Å². The van der Waals surface area contributed by atoms with E-state index < -0.39 is 6.10 Å². The number of carbonyl (C=O) groups excluding carboxylic acids is 1. The number of benzene rings is 1. The third kappa shape index (κ3) is 4.08. The Labute approximate surface area is 156 Å². The Kier molecular flexibility index (Phi) is 5.32. The van der Waals surface area contributed by atoms with Crippen LogP contribution in [0, 0.1) is 13.8 Å². The molecule has 26 heavy (non-hydrogen) atoms. The summed E-state index contributed by atoms with van der Waals surface area (Å²) in [5.41, 5.74) is 1.82. The summed E-state index contributed by atoms with van der Waals surface area (Å²) in [6, 6.07) is 9.03. The maximum absolute atomic E-state index is 12.5. The first-order chi connectivity index (χ1) is 12.4. The fourth-order valence-corrected chi connectivity index (χ4v) is 2.68. The van der Waals surface area contributed by atoms with Crippen LogP contribution in [0.4, 0.5) is 5.82 Å². The highest BCUT2D eigenvalue weighted by molar-refractivity contribution is 6.32. The third-order valence-electron chi connectivity index (χ3n) is 3.95. The Morgan fingerprint density at radius 2 is 2.08 bits per heavy atom. The number of halogens is 1. The monoisotopic (exact) mass is 373 g/mol. The maximum atomic E-state index is 12.5. The lowest BCUT2D eigenvalue weighted by molar-refractivity contribution is -0.122. The Morgan fingerprint density at radius 3 is 2.73 bits per heavy atom. The summed E-state index contributed by atoms with van der Waals surface area (Å²) >= 11 is 6.17. The number of hydrogen-bond acceptors (Lipinski definition) is 4. The summed E-state index contributed by atoms with van der Waals surface area (Å²) in [4.78, 5) is 12.5. The van der Waals surface area contributed by atoms with E-state index in [1.165, 1.54) is 0 Å². The molecule has 1 atom stereocenters. The van der Waals surface area contributed by atoms with Gasteiger partial charge in [-0.1, -0.05) is 11.6 Å². The Bertz CT molecular complexity index is 880. The van der Waals surface area contributed by atoms with Gasteiger partial charge in [0.1, 0.15) is 23.9 Å². The molecule has 0 aliphatic heterocycles. The van der Waals surface area contributed by atoms with Crippen molar-refractivity contribution >= 4 is 23.3 Å². The first-order valence-corrected chi connectivity index (χ1v) is 8.60. The number of nitrogens with one attached hydrogen (secondary N) is 1. The zero-order valence-corrected chi connectivity index (χ0v) is 15.6. The molecule has 7 heteroatoms. The van der Waals surface area contributed by atoms with E-state index in [0.717, 1.165) is 16.9 Å². The van der Waals surface area contributed by atoms with Crippen molar-refractivity contribution in [1.29, 1.82) is 0 Å². The quantitative estimate of drug-likeness (QED) is 0.703. The lowest BCUT2D eigenvalue weighted by Gasteiger charge is -2.16. The molecule has 3 aromatic rings. The zero-order valence-electron chi connectivity index (χ0n) is 14.8. The largest absolute Gasteiger partial charge is 0.481 e. The van der Waals surface area contributed by atoms with Gasteiger partial charge in [0.25, 0.3) is 5.91 Å². The van der Waals surface area contributed by atoms with E-state index in [0.29, 0.717) is 23.1 Å². The van der Waals surface area contributed by atoms with Crippen molar-refractivity contribution < 1.29 is 13.9 Å². The number of aromatic nitrogens is 2. The van der Waals surface area contributed by atoms with Gasteiger partial charge in [0, 0.05) is 11.1 Å². The maximum Gasteiger partial charge on any atom is 0.266 e. The molecular formula is C19H20ClN3O3. The average molecular weight is 374 g/mol. The fraction of sp³-hybridized carbons (Fsp3) is 0.263. The summed E-state index contributed by atoms with van der Waals surface area (Å²) in [6.45, 7) is 5.93. The van der Waals surface area contributed by atoms with E-state index in [9.17, 15) is 4.79 Å². The normalized spacial score (nSPS) is 12.0. The van der Waals surface area contributed by atoms with Crippen molar-refractivity contribution in [3.05, 3.63) is 64.7 Å². The van der Waals surface area contributed by atoms with Crippen LogP contribution in [0.15, 0.2) is 47.2 Å². The van der Waals surface area contributed by atoms with E-state index >= 15 is 0 Å². The third-order valence-corrected chi connectivity index (χ3v) is 4.54. The molecule has 0 aliphatic rings. The van der Waals surface area contributed by atoms with Crippen molar-refractivity contribution in [2.75, 3.05) is 5.32 Å². The highest BCUT2D eigenvalue weighted by Crippen LogP contribution is 2.26. The number of ether oxygens (including phenoxy) is 1. The predicted molar refractivity (Wildman–Crippen MR) is 99.7 cm³/mol. The van der Waals surface area contributed by atoms with E-state index in [4.69, 9.17) is 20.8 Å². The van der Waals surface area contributed by atoms with E-state index in [-0.39, 0.29) is 5.91 Å². The highest BCUT2D eigenvalue weighted by Gasteiger charge is 2.18. The molecule has 1 aromatic carbocycles. The molecule has 0 radical (unpaired) electrons. The molecule has 0 fully saturated rings. The summed E-state index contributed by atoms with van der Waals surface area (Å²) < 4.78 is 12.7. The summed E-state index contributed by atoms with van der Waals surface area (Å²) in [5.74, 6) is 1.67. The van der Waals surface area contributed by atoms with Crippen molar-refractivity contribution in [2.45, 2.75) is 33.4 Å². The van der Waals surface area contributed by atoms with Gasteiger partial charge in [-0.05, 0) is 56.2 Å². The number of hydrogen-bond donors (Lipinski definition) is 1. The van der Waals surface area contributed by atoms with Crippen LogP contribution in [0.1, 0.15) is 23.8 Å². The van der Waals surface area contributed by atoms with E-state index in [2.05, 4.69) is 10.4 Å². The van der Waals surface area contributed by atoms with Crippen LogP contribution in [0.25, 0.3) is 0 Å². The van der Waals surface area contributed by atoms with Gasteiger partial charge < -0.3 is 14.5 Å². The minimum Gasteiger partial charge on any atom is -0.481 e. The standard InChI is InChI=1S/C19H20ClN3O3/c1-12-9-16(10-13(2)18(12)20)26-14(3)19(24)22-17-6-7-21-23(17)11-15-5-4-8-25-15/h4-10,14H,11H2,1-3H3,(H,22,24)/t14-/m1/s1. The number of amides is 1. The average Bonchev–Trinajstić information content (AvgIpc) is 3.25. The molecule has 1 N–H and O–H groups in total. The SMILES string of the molecule is Cc1cc(O[C@H](C)C(=O)Nc2ccnn2Cc2ccco2)cc(C)c1Cl. The zero-order chi connectivity index (χ0) is 18.7. The van der Waals surface area contributed by atoms with Crippen LogP contribution in [0.2, 0.25) is 5.02 Å². The molecule has 6 nitrogen and oxygen atoms in total. The Balaban J connectivity index is 1.66. The van der Waals surface area contributed by atoms with Crippen LogP contribution in [-0.4, -0.2) is 21.8 Å². The van der Waals surface area contributed by atoms with Gasteiger partial charge >= 0.3 is 0 Å². The number of furan rings is 1. The van der Waals surface area contributed by atoms with Crippen molar-refractivity contribution in [3.63, 3.8) is 0 Å². The molecule has 0 bridgehead atoms. The minimum absolute atomic E-state index is 0.267. The number of carbonyl (C=O) groups is 1. The van der Waals surface area contributed by atoms with Gasteiger partial charge in [-0.2, -0.15) is 5.10 Å². The molecule has 2 aromatic heterocycles. The molecule has 136 valence electrons. The second kappa shape index (κ2) is 7.66. The lowest BCUT2D eigenvalue weighted by atomic mass is 10.1. The van der Waals surface area contributed by atoms with E-state index in [1.807, 2.05) is 38.1 Å².